The van der Waals surface area contributed by atoms with Crippen LogP contribution in [0.2, 0.25) is 0 Å². The van der Waals surface area contributed by atoms with Gasteiger partial charge in [0.25, 0.3) is 0 Å². The lowest BCUT2D eigenvalue weighted by atomic mass is 10.1. The summed E-state index contributed by atoms with van der Waals surface area (Å²) in [5.74, 6) is -1.24. The summed E-state index contributed by atoms with van der Waals surface area (Å²) in [4.78, 5) is 16.5. The first kappa shape index (κ1) is 23.1. The summed E-state index contributed by atoms with van der Waals surface area (Å²) in [5.41, 5.74) is 0.603. The molecule has 0 radical (unpaired) electrons. The number of carbonyl (C=O) groups excluding carboxylic acids is 1. The molecule has 2 aromatic carbocycles. The van der Waals surface area contributed by atoms with Gasteiger partial charge in [-0.15, -0.1) is 0 Å². The highest BCUT2D eigenvalue weighted by molar-refractivity contribution is 7.98. The molecular weight excluding hydrogens is 436 g/mol. The van der Waals surface area contributed by atoms with Crippen LogP contribution >= 0.6 is 11.8 Å². The molecule has 0 aliphatic carbocycles. The van der Waals surface area contributed by atoms with E-state index in [1.54, 1.807) is 32.2 Å². The number of aromatic nitrogens is 2. The smallest absolute Gasteiger partial charge is 0.416 e. The fourth-order valence-electron chi connectivity index (χ4n) is 2.96. The van der Waals surface area contributed by atoms with Crippen molar-refractivity contribution in [2.45, 2.75) is 30.6 Å². The van der Waals surface area contributed by atoms with Crippen LogP contribution < -0.4 is 0 Å². The first-order valence-electron chi connectivity index (χ1n) is 9.39. The number of fused-ring (bicyclic) bond motifs is 1. The van der Waals surface area contributed by atoms with Crippen LogP contribution in [0.1, 0.15) is 28.4 Å². The maximum atomic E-state index is 14.1. The Bertz CT molecular complexity index is 1080. The Balaban J connectivity index is 1.92. The number of rotatable bonds is 8. The summed E-state index contributed by atoms with van der Waals surface area (Å²) in [7, 11) is 1.54. The number of hydrogen-bond acceptors (Lipinski definition) is 5. The number of carbonyl (C=O) groups is 1. The van der Waals surface area contributed by atoms with Gasteiger partial charge in [-0.3, -0.25) is 0 Å². The van der Waals surface area contributed by atoms with Gasteiger partial charge in [0.2, 0.25) is 0 Å². The zero-order chi connectivity index (χ0) is 22.6. The Morgan fingerprint density at radius 2 is 1.97 bits per heavy atom. The van der Waals surface area contributed by atoms with Crippen molar-refractivity contribution < 1.29 is 31.8 Å². The Hall–Kier alpha value is -2.59. The fourth-order valence-corrected chi connectivity index (χ4v) is 3.98. The van der Waals surface area contributed by atoms with Crippen molar-refractivity contribution >= 4 is 28.8 Å². The summed E-state index contributed by atoms with van der Waals surface area (Å²) < 4.78 is 65.0. The Morgan fingerprint density at radius 1 is 1.19 bits per heavy atom. The fraction of sp³-hybridized carbons (Fsp3) is 0.333. The maximum absolute atomic E-state index is 14.1. The van der Waals surface area contributed by atoms with Crippen LogP contribution in [-0.4, -0.2) is 35.8 Å². The van der Waals surface area contributed by atoms with Gasteiger partial charge in [0.05, 0.1) is 35.4 Å². The molecule has 0 aliphatic heterocycles. The molecule has 0 amide bonds. The number of halogens is 4. The maximum Gasteiger partial charge on any atom is 0.416 e. The van der Waals surface area contributed by atoms with Gasteiger partial charge >= 0.3 is 12.1 Å². The van der Waals surface area contributed by atoms with E-state index in [1.165, 1.54) is 0 Å². The number of imidazole rings is 1. The normalized spacial score (nSPS) is 11.8. The van der Waals surface area contributed by atoms with Gasteiger partial charge in [-0.05, 0) is 48.9 Å². The molecule has 0 unspecified atom stereocenters. The van der Waals surface area contributed by atoms with Crippen molar-refractivity contribution in [3.63, 3.8) is 0 Å². The van der Waals surface area contributed by atoms with E-state index in [2.05, 4.69) is 4.98 Å². The van der Waals surface area contributed by atoms with Gasteiger partial charge < -0.3 is 14.0 Å². The minimum atomic E-state index is -4.55. The second-order valence-corrected chi connectivity index (χ2v) is 7.50. The zero-order valence-electron chi connectivity index (χ0n) is 16.8. The van der Waals surface area contributed by atoms with Crippen LogP contribution in [0.5, 0.6) is 0 Å². The molecule has 3 rings (SSSR count). The molecule has 166 valence electrons. The zero-order valence-corrected chi connectivity index (χ0v) is 17.6. The van der Waals surface area contributed by atoms with E-state index in [0.29, 0.717) is 35.5 Å². The number of alkyl halides is 3. The highest BCUT2D eigenvalue weighted by atomic mass is 32.2. The van der Waals surface area contributed by atoms with Gasteiger partial charge in [0.15, 0.2) is 5.16 Å². The van der Waals surface area contributed by atoms with Gasteiger partial charge in [-0.1, -0.05) is 11.8 Å². The van der Waals surface area contributed by atoms with E-state index >= 15 is 0 Å². The molecule has 1 aromatic heterocycles. The van der Waals surface area contributed by atoms with E-state index in [0.717, 1.165) is 29.4 Å². The van der Waals surface area contributed by atoms with Crippen LogP contribution in [0.3, 0.4) is 0 Å². The molecule has 0 N–H and O–H groups in total. The predicted molar refractivity (Wildman–Crippen MR) is 109 cm³/mol. The van der Waals surface area contributed by atoms with E-state index in [1.807, 2.05) is 4.57 Å². The van der Waals surface area contributed by atoms with Crippen molar-refractivity contribution in [3.05, 3.63) is 58.9 Å². The minimum Gasteiger partial charge on any atom is -0.462 e. The van der Waals surface area contributed by atoms with Gasteiger partial charge in [-0.25, -0.2) is 14.2 Å². The number of nitrogens with zero attached hydrogens (tertiary/aromatic N) is 2. The predicted octanol–water partition coefficient (Wildman–Crippen LogP) is 5.31. The summed E-state index contributed by atoms with van der Waals surface area (Å²) in [6.45, 7) is 2.75. The largest absolute Gasteiger partial charge is 0.462 e. The van der Waals surface area contributed by atoms with Crippen molar-refractivity contribution in [1.29, 1.82) is 0 Å². The highest BCUT2D eigenvalue weighted by Crippen LogP contribution is 2.33. The number of esters is 1. The topological polar surface area (TPSA) is 53.3 Å². The van der Waals surface area contributed by atoms with E-state index in [4.69, 9.17) is 9.47 Å². The van der Waals surface area contributed by atoms with E-state index in [-0.39, 0.29) is 17.9 Å². The summed E-state index contributed by atoms with van der Waals surface area (Å²) in [6.07, 6.45) is -4.55. The SMILES string of the molecule is CCOC(=O)c1ccc2c(c1)nc(SCc1cc(C(F)(F)F)ccc1F)n2CCOC. The number of ether oxygens (including phenoxy) is 2. The second kappa shape index (κ2) is 9.69. The molecule has 5 nitrogen and oxygen atoms in total. The Morgan fingerprint density at radius 3 is 2.65 bits per heavy atom. The lowest BCUT2D eigenvalue weighted by Crippen LogP contribution is -2.07. The molecule has 1 heterocycles. The van der Waals surface area contributed by atoms with Crippen LogP contribution in [0.25, 0.3) is 11.0 Å². The standard InChI is InChI=1S/C21H20F4N2O3S/c1-3-30-19(28)13-4-7-18-17(11-13)26-20(27(18)8-9-29-2)31-12-14-10-15(21(23,24)25)5-6-16(14)22/h4-7,10-11H,3,8-9,12H2,1-2H3. The molecular formula is C21H20F4N2O3S. The molecule has 0 saturated carbocycles. The molecule has 31 heavy (non-hydrogen) atoms. The van der Waals surface area contributed by atoms with Crippen LogP contribution in [-0.2, 0) is 27.9 Å². The van der Waals surface area contributed by atoms with Crippen molar-refractivity contribution in [2.24, 2.45) is 0 Å². The van der Waals surface area contributed by atoms with Gasteiger partial charge in [0.1, 0.15) is 5.82 Å². The Kier molecular flexibility index (Phi) is 7.22. The summed E-state index contributed by atoms with van der Waals surface area (Å²) in [6, 6.07) is 7.27. The third-order valence-electron chi connectivity index (χ3n) is 4.47. The van der Waals surface area contributed by atoms with Crippen molar-refractivity contribution in [3.8, 4) is 0 Å². The van der Waals surface area contributed by atoms with E-state index < -0.39 is 23.5 Å². The molecule has 10 heteroatoms. The average molecular weight is 456 g/mol. The number of methoxy groups -OCH3 is 1. The number of thioether (sulfide) groups is 1. The van der Waals surface area contributed by atoms with Gasteiger partial charge in [-0.2, -0.15) is 13.2 Å². The van der Waals surface area contributed by atoms with Crippen LogP contribution in [0.4, 0.5) is 17.6 Å². The number of hydrogen-bond donors (Lipinski definition) is 0. The average Bonchev–Trinajstić information content (AvgIpc) is 3.07. The number of benzene rings is 2. The summed E-state index contributed by atoms with van der Waals surface area (Å²) in [5, 5.41) is 0.477. The molecule has 3 aromatic rings. The highest BCUT2D eigenvalue weighted by Gasteiger charge is 2.31. The van der Waals surface area contributed by atoms with Crippen LogP contribution in [0, 0.1) is 5.82 Å². The third kappa shape index (κ3) is 5.37. The van der Waals surface area contributed by atoms with Crippen LogP contribution in [0.15, 0.2) is 41.6 Å². The minimum absolute atomic E-state index is 0.0449. The molecule has 0 spiro atoms. The lowest BCUT2D eigenvalue weighted by Gasteiger charge is -2.11. The van der Waals surface area contributed by atoms with Gasteiger partial charge in [0, 0.05) is 19.4 Å². The lowest BCUT2D eigenvalue weighted by molar-refractivity contribution is -0.137. The monoisotopic (exact) mass is 456 g/mol. The first-order chi connectivity index (χ1) is 14.7. The molecule has 0 bridgehead atoms. The first-order valence-corrected chi connectivity index (χ1v) is 10.4. The molecule has 0 saturated heterocycles. The quantitative estimate of drug-likeness (QED) is 0.261. The van der Waals surface area contributed by atoms with Crippen molar-refractivity contribution in [1.82, 2.24) is 9.55 Å². The van der Waals surface area contributed by atoms with Crippen molar-refractivity contribution in [2.75, 3.05) is 20.3 Å². The summed E-state index contributed by atoms with van der Waals surface area (Å²) >= 11 is 1.11. The Labute approximate surface area is 180 Å². The molecule has 0 aliphatic rings. The molecule has 0 atom stereocenters. The molecule has 0 fully saturated rings. The van der Waals surface area contributed by atoms with E-state index in [9.17, 15) is 22.4 Å². The second-order valence-electron chi connectivity index (χ2n) is 6.56. The third-order valence-corrected chi connectivity index (χ3v) is 5.50.